The summed E-state index contributed by atoms with van der Waals surface area (Å²) < 4.78 is 0. The van der Waals surface area contributed by atoms with Gasteiger partial charge in [0.05, 0.1) is 0 Å². The van der Waals surface area contributed by atoms with Crippen molar-refractivity contribution in [3.05, 3.63) is 23.8 Å². The van der Waals surface area contributed by atoms with Crippen LogP contribution < -0.4 is 0 Å². The van der Waals surface area contributed by atoms with Gasteiger partial charge in [-0.1, -0.05) is 32.9 Å². The van der Waals surface area contributed by atoms with Gasteiger partial charge in [-0.05, 0) is 19.8 Å². The van der Waals surface area contributed by atoms with Crippen molar-refractivity contribution in [3.8, 4) is 0 Å². The molecule has 0 bridgehead atoms. The Labute approximate surface area is 96.3 Å². The maximum atomic E-state index is 10.3. The molecule has 0 spiro atoms. The largest absolute Gasteiger partial charge is 0.478 e. The number of hydrogen-bond donors (Lipinski definition) is 2. The van der Waals surface area contributed by atoms with Gasteiger partial charge in [0.25, 0.3) is 0 Å². The Balaban J connectivity index is 0. The van der Waals surface area contributed by atoms with Crippen molar-refractivity contribution in [1.29, 1.82) is 0 Å². The Bertz CT molecular complexity index is 277. The molecule has 0 fully saturated rings. The van der Waals surface area contributed by atoms with Crippen LogP contribution >= 0.6 is 0 Å². The van der Waals surface area contributed by atoms with Gasteiger partial charge in [-0.2, -0.15) is 0 Å². The van der Waals surface area contributed by atoms with E-state index in [0.29, 0.717) is 11.5 Å². The smallest absolute Gasteiger partial charge is 0.330 e. The van der Waals surface area contributed by atoms with Crippen LogP contribution in [0.2, 0.25) is 0 Å². The second kappa shape index (κ2) is 8.71. The van der Waals surface area contributed by atoms with Gasteiger partial charge in [0.15, 0.2) is 0 Å². The Kier molecular flexibility index (Phi) is 9.16. The maximum Gasteiger partial charge on any atom is 0.330 e. The highest BCUT2D eigenvalue weighted by Crippen LogP contribution is 2.06. The Morgan fingerprint density at radius 2 is 1.62 bits per heavy atom. The molecular formula is C12H20O4. The summed E-state index contributed by atoms with van der Waals surface area (Å²) in [7, 11) is 0. The van der Waals surface area contributed by atoms with Gasteiger partial charge in [-0.15, -0.1) is 0 Å². The second-order valence-electron chi connectivity index (χ2n) is 3.63. The number of allylic oxidation sites excluding steroid dienone is 1. The highest BCUT2D eigenvalue weighted by Gasteiger charge is 2.01. The molecule has 1 unspecified atom stereocenters. The van der Waals surface area contributed by atoms with Crippen molar-refractivity contribution >= 4 is 11.9 Å². The highest BCUT2D eigenvalue weighted by molar-refractivity contribution is 5.85. The van der Waals surface area contributed by atoms with Crippen molar-refractivity contribution in [2.45, 2.75) is 34.1 Å². The lowest BCUT2D eigenvalue weighted by molar-refractivity contribution is -0.133. The third-order valence-corrected chi connectivity index (χ3v) is 1.88. The van der Waals surface area contributed by atoms with E-state index in [1.807, 2.05) is 13.8 Å². The third kappa shape index (κ3) is 10.5. The predicted octanol–water partition coefficient (Wildman–Crippen LogP) is 2.71. The topological polar surface area (TPSA) is 74.6 Å². The monoisotopic (exact) mass is 228 g/mol. The lowest BCUT2D eigenvalue weighted by atomic mass is 10.1. The van der Waals surface area contributed by atoms with E-state index >= 15 is 0 Å². The van der Waals surface area contributed by atoms with E-state index in [1.165, 1.54) is 6.92 Å². The third-order valence-electron chi connectivity index (χ3n) is 1.88. The Morgan fingerprint density at radius 1 is 1.25 bits per heavy atom. The average molecular weight is 228 g/mol. The number of carboxylic acid groups (broad SMARTS) is 2. The zero-order valence-electron chi connectivity index (χ0n) is 10.3. The fourth-order valence-electron chi connectivity index (χ4n) is 0.616. The Morgan fingerprint density at radius 3 is 1.81 bits per heavy atom. The zero-order valence-corrected chi connectivity index (χ0v) is 10.3. The molecule has 2 N–H and O–H groups in total. The first-order valence-electron chi connectivity index (χ1n) is 5.02. The summed E-state index contributed by atoms with van der Waals surface area (Å²) in [6.45, 7) is 10.3. The van der Waals surface area contributed by atoms with Crippen molar-refractivity contribution in [2.24, 2.45) is 5.92 Å². The fraction of sp³-hybridized carbons (Fsp3) is 0.500. The first kappa shape index (κ1) is 16.8. The van der Waals surface area contributed by atoms with E-state index in [9.17, 15) is 9.59 Å². The summed E-state index contributed by atoms with van der Waals surface area (Å²) in [5.41, 5.74) is 0.615. The van der Waals surface area contributed by atoms with Gasteiger partial charge < -0.3 is 10.2 Å². The molecule has 0 aromatic rings. The van der Waals surface area contributed by atoms with Crippen LogP contribution in [0.1, 0.15) is 34.1 Å². The summed E-state index contributed by atoms with van der Waals surface area (Å²) >= 11 is 0. The van der Waals surface area contributed by atoms with E-state index in [1.54, 1.807) is 13.0 Å². The van der Waals surface area contributed by atoms with Crippen LogP contribution in [0, 0.1) is 5.92 Å². The zero-order chi connectivity index (χ0) is 13.3. The highest BCUT2D eigenvalue weighted by atomic mass is 16.4. The molecule has 0 aliphatic rings. The van der Waals surface area contributed by atoms with Crippen molar-refractivity contribution in [3.63, 3.8) is 0 Å². The minimum Gasteiger partial charge on any atom is -0.478 e. The summed E-state index contributed by atoms with van der Waals surface area (Å²) in [5, 5.41) is 16.3. The molecule has 0 aliphatic heterocycles. The molecule has 0 saturated carbocycles. The molecule has 0 aromatic heterocycles. The summed E-state index contributed by atoms with van der Waals surface area (Å²) in [6, 6.07) is 0. The van der Waals surface area contributed by atoms with Crippen LogP contribution in [0.15, 0.2) is 23.8 Å². The first-order valence-corrected chi connectivity index (χ1v) is 5.02. The average Bonchev–Trinajstić information content (AvgIpc) is 2.18. The van der Waals surface area contributed by atoms with E-state index in [-0.39, 0.29) is 5.57 Å². The minimum atomic E-state index is -0.935. The number of hydrogen-bond acceptors (Lipinski definition) is 2. The van der Waals surface area contributed by atoms with Gasteiger partial charge in [0.1, 0.15) is 0 Å². The van der Waals surface area contributed by atoms with E-state index < -0.39 is 11.9 Å². The van der Waals surface area contributed by atoms with Crippen LogP contribution in [-0.2, 0) is 9.59 Å². The fourth-order valence-corrected chi connectivity index (χ4v) is 0.616. The molecule has 0 aromatic carbocycles. The standard InChI is InChI=1S/C8H14O2.C4H6O2/c1-4-6(2)5-7(3)8(9)10;1-3(2)4(5)6/h5-6H,4H2,1-3H3,(H,9,10);1H2,2H3,(H,5,6). The molecule has 0 rings (SSSR count). The molecule has 0 amide bonds. The van der Waals surface area contributed by atoms with Gasteiger partial charge in [-0.25, -0.2) is 9.59 Å². The molecule has 0 aliphatic carbocycles. The molecule has 16 heavy (non-hydrogen) atoms. The van der Waals surface area contributed by atoms with Crippen LogP contribution in [0.5, 0.6) is 0 Å². The van der Waals surface area contributed by atoms with E-state index in [4.69, 9.17) is 10.2 Å². The number of carboxylic acids is 2. The normalized spacial score (nSPS) is 12.1. The van der Waals surface area contributed by atoms with E-state index in [0.717, 1.165) is 6.42 Å². The molecular weight excluding hydrogens is 208 g/mol. The number of carbonyl (C=O) groups is 2. The quantitative estimate of drug-likeness (QED) is 0.725. The molecule has 0 saturated heterocycles. The van der Waals surface area contributed by atoms with Crippen LogP contribution in [0.3, 0.4) is 0 Å². The maximum absolute atomic E-state index is 10.3. The first-order chi connectivity index (χ1) is 7.22. The Hall–Kier alpha value is -1.58. The molecule has 4 heteroatoms. The second-order valence-corrected chi connectivity index (χ2v) is 3.63. The van der Waals surface area contributed by atoms with Gasteiger partial charge in [0.2, 0.25) is 0 Å². The lowest BCUT2D eigenvalue weighted by Crippen LogP contribution is -1.98. The van der Waals surface area contributed by atoms with Crippen molar-refractivity contribution < 1.29 is 19.8 Å². The minimum absolute atomic E-state index is 0.176. The van der Waals surface area contributed by atoms with Gasteiger partial charge in [-0.3, -0.25) is 0 Å². The lowest BCUT2D eigenvalue weighted by Gasteiger charge is -2.00. The number of rotatable bonds is 4. The molecule has 0 radical (unpaired) electrons. The predicted molar refractivity (Wildman–Crippen MR) is 63.3 cm³/mol. The molecule has 0 heterocycles. The van der Waals surface area contributed by atoms with Crippen LogP contribution in [0.25, 0.3) is 0 Å². The number of aliphatic carboxylic acids is 2. The van der Waals surface area contributed by atoms with Crippen LogP contribution in [-0.4, -0.2) is 22.2 Å². The molecule has 92 valence electrons. The SMILES string of the molecule is C=C(C)C(=O)O.CCC(C)C=C(C)C(=O)O. The molecule has 4 nitrogen and oxygen atoms in total. The van der Waals surface area contributed by atoms with E-state index in [2.05, 4.69) is 6.58 Å². The summed E-state index contributed by atoms with van der Waals surface area (Å²) in [5.74, 6) is -1.38. The van der Waals surface area contributed by atoms with Gasteiger partial charge in [0, 0.05) is 11.1 Å². The molecule has 1 atom stereocenters. The van der Waals surface area contributed by atoms with Crippen LogP contribution in [0.4, 0.5) is 0 Å². The summed E-state index contributed by atoms with van der Waals surface area (Å²) in [4.78, 5) is 19.9. The summed E-state index contributed by atoms with van der Waals surface area (Å²) in [6.07, 6.45) is 2.77. The van der Waals surface area contributed by atoms with Crippen molar-refractivity contribution in [1.82, 2.24) is 0 Å². The van der Waals surface area contributed by atoms with Gasteiger partial charge >= 0.3 is 11.9 Å². The van der Waals surface area contributed by atoms with Crippen molar-refractivity contribution in [2.75, 3.05) is 0 Å².